The van der Waals surface area contributed by atoms with E-state index in [2.05, 4.69) is 16.4 Å². The summed E-state index contributed by atoms with van der Waals surface area (Å²) >= 11 is 0. The number of hydrogen-bond donors (Lipinski definition) is 1. The van der Waals surface area contributed by atoms with E-state index < -0.39 is 0 Å². The van der Waals surface area contributed by atoms with Crippen molar-refractivity contribution >= 4 is 17.5 Å². The lowest BCUT2D eigenvalue weighted by atomic mass is 10.1. The molecule has 5 nitrogen and oxygen atoms in total. The van der Waals surface area contributed by atoms with Gasteiger partial charge in [-0.05, 0) is 43.7 Å². The van der Waals surface area contributed by atoms with Crippen molar-refractivity contribution in [3.8, 4) is 6.07 Å². The number of nitrogens with zero attached hydrogens (tertiary/aromatic N) is 2. The molecule has 0 atom stereocenters. The molecule has 0 unspecified atom stereocenters. The molecule has 5 heteroatoms. The zero-order valence-corrected chi connectivity index (χ0v) is 11.9. The molecule has 106 valence electrons. The minimum Gasteiger partial charge on any atom is -0.462 e. The maximum atomic E-state index is 11.5. The second-order valence-corrected chi connectivity index (χ2v) is 4.42. The molecule has 1 N–H and O–H groups in total. The summed E-state index contributed by atoms with van der Waals surface area (Å²) in [5, 5.41) is 12.1. The quantitative estimate of drug-likeness (QED) is 0.871. The van der Waals surface area contributed by atoms with Crippen molar-refractivity contribution in [2.75, 3.05) is 11.9 Å². The number of aryl methyl sites for hydroxylation is 1. The fraction of sp³-hybridized carbons (Fsp3) is 0.188. The molecule has 21 heavy (non-hydrogen) atoms. The van der Waals surface area contributed by atoms with Crippen molar-refractivity contribution in [1.29, 1.82) is 5.26 Å². The average molecular weight is 281 g/mol. The molecule has 0 aliphatic carbocycles. The Morgan fingerprint density at radius 2 is 2.19 bits per heavy atom. The SMILES string of the molecule is CCOC(=O)c1ccc(Nc2cc(C#N)ccc2C)nc1. The third-order valence-electron chi connectivity index (χ3n) is 2.90. The smallest absolute Gasteiger partial charge is 0.339 e. The van der Waals surface area contributed by atoms with E-state index in [0.29, 0.717) is 23.6 Å². The first-order valence-electron chi connectivity index (χ1n) is 6.55. The van der Waals surface area contributed by atoms with Crippen LogP contribution < -0.4 is 5.32 Å². The number of hydrogen-bond acceptors (Lipinski definition) is 5. The number of ether oxygens (including phenoxy) is 1. The van der Waals surface area contributed by atoms with Gasteiger partial charge in [0, 0.05) is 11.9 Å². The van der Waals surface area contributed by atoms with E-state index in [4.69, 9.17) is 10.00 Å². The van der Waals surface area contributed by atoms with Crippen LogP contribution in [0.3, 0.4) is 0 Å². The number of rotatable bonds is 4. The number of nitrogens with one attached hydrogen (secondary N) is 1. The fourth-order valence-electron chi connectivity index (χ4n) is 1.77. The minimum absolute atomic E-state index is 0.332. The Hall–Kier alpha value is -2.87. The molecule has 0 aliphatic heterocycles. The van der Waals surface area contributed by atoms with E-state index in [0.717, 1.165) is 11.3 Å². The van der Waals surface area contributed by atoms with Crippen LogP contribution in [-0.2, 0) is 4.74 Å². The Morgan fingerprint density at radius 1 is 1.38 bits per heavy atom. The van der Waals surface area contributed by atoms with Gasteiger partial charge in [-0.25, -0.2) is 9.78 Å². The van der Waals surface area contributed by atoms with E-state index in [-0.39, 0.29) is 5.97 Å². The summed E-state index contributed by atoms with van der Waals surface area (Å²) in [5.74, 6) is 0.209. The standard InChI is InChI=1S/C16H15N3O2/c1-3-21-16(20)13-6-7-15(18-10-13)19-14-8-12(9-17)5-4-11(14)2/h4-8,10H,3H2,1-2H3,(H,18,19). The molecule has 0 spiro atoms. The number of carbonyl (C=O) groups excluding carboxylic acids is 1. The Balaban J connectivity index is 2.17. The van der Waals surface area contributed by atoms with Gasteiger partial charge in [0.15, 0.2) is 0 Å². The van der Waals surface area contributed by atoms with Gasteiger partial charge in [-0.1, -0.05) is 6.07 Å². The number of benzene rings is 1. The zero-order valence-electron chi connectivity index (χ0n) is 11.9. The highest BCUT2D eigenvalue weighted by molar-refractivity contribution is 5.89. The molecule has 0 fully saturated rings. The highest BCUT2D eigenvalue weighted by Crippen LogP contribution is 2.20. The Labute approximate surface area is 123 Å². The second-order valence-electron chi connectivity index (χ2n) is 4.42. The predicted molar refractivity (Wildman–Crippen MR) is 79.4 cm³/mol. The van der Waals surface area contributed by atoms with Crippen LogP contribution in [0.15, 0.2) is 36.5 Å². The Morgan fingerprint density at radius 3 is 2.81 bits per heavy atom. The third kappa shape index (κ3) is 3.57. The molecule has 0 saturated carbocycles. The summed E-state index contributed by atoms with van der Waals surface area (Å²) < 4.78 is 4.90. The highest BCUT2D eigenvalue weighted by atomic mass is 16.5. The predicted octanol–water partition coefficient (Wildman–Crippen LogP) is 3.18. The number of carbonyl (C=O) groups is 1. The normalized spacial score (nSPS) is 9.76. The van der Waals surface area contributed by atoms with E-state index >= 15 is 0 Å². The first-order valence-corrected chi connectivity index (χ1v) is 6.55. The van der Waals surface area contributed by atoms with E-state index in [9.17, 15) is 4.79 Å². The van der Waals surface area contributed by atoms with Crippen LogP contribution in [0.2, 0.25) is 0 Å². The summed E-state index contributed by atoms with van der Waals surface area (Å²) in [7, 11) is 0. The first-order chi connectivity index (χ1) is 10.1. The fourth-order valence-corrected chi connectivity index (χ4v) is 1.77. The minimum atomic E-state index is -0.390. The molecular formula is C16H15N3O2. The van der Waals surface area contributed by atoms with Crippen molar-refractivity contribution < 1.29 is 9.53 Å². The maximum Gasteiger partial charge on any atom is 0.339 e. The van der Waals surface area contributed by atoms with Crippen molar-refractivity contribution in [3.05, 3.63) is 53.2 Å². The average Bonchev–Trinajstić information content (AvgIpc) is 2.50. The molecule has 1 aromatic heterocycles. The molecule has 2 rings (SSSR count). The van der Waals surface area contributed by atoms with Gasteiger partial charge in [-0.2, -0.15) is 5.26 Å². The summed E-state index contributed by atoms with van der Waals surface area (Å²) in [5.41, 5.74) is 2.80. The highest BCUT2D eigenvalue weighted by Gasteiger charge is 2.07. The van der Waals surface area contributed by atoms with Crippen molar-refractivity contribution in [2.24, 2.45) is 0 Å². The lowest BCUT2D eigenvalue weighted by Crippen LogP contribution is -2.05. The molecule has 0 radical (unpaired) electrons. The number of aromatic nitrogens is 1. The zero-order chi connectivity index (χ0) is 15.2. The number of esters is 1. The molecule has 2 aromatic rings. The van der Waals surface area contributed by atoms with Gasteiger partial charge in [0.25, 0.3) is 0 Å². The van der Waals surface area contributed by atoms with Gasteiger partial charge < -0.3 is 10.1 Å². The monoisotopic (exact) mass is 281 g/mol. The Bertz CT molecular complexity index is 688. The second kappa shape index (κ2) is 6.53. The lowest BCUT2D eigenvalue weighted by molar-refractivity contribution is 0.0526. The van der Waals surface area contributed by atoms with Crippen LogP contribution in [0.4, 0.5) is 11.5 Å². The van der Waals surface area contributed by atoms with Crippen molar-refractivity contribution in [3.63, 3.8) is 0 Å². The van der Waals surface area contributed by atoms with E-state index in [1.807, 2.05) is 13.0 Å². The van der Waals surface area contributed by atoms with Crippen LogP contribution in [0.1, 0.15) is 28.4 Å². The topological polar surface area (TPSA) is 75.0 Å². The molecule has 1 heterocycles. The number of nitriles is 1. The van der Waals surface area contributed by atoms with Crippen molar-refractivity contribution in [1.82, 2.24) is 4.98 Å². The summed E-state index contributed by atoms with van der Waals surface area (Å²) in [6, 6.07) is 10.8. The number of pyridine rings is 1. The molecule has 0 saturated heterocycles. The van der Waals surface area contributed by atoms with Crippen LogP contribution in [0, 0.1) is 18.3 Å². The number of anilines is 2. The van der Waals surface area contributed by atoms with Crippen LogP contribution >= 0.6 is 0 Å². The summed E-state index contributed by atoms with van der Waals surface area (Å²) in [4.78, 5) is 15.7. The summed E-state index contributed by atoms with van der Waals surface area (Å²) in [6.45, 7) is 4.03. The van der Waals surface area contributed by atoms with Gasteiger partial charge in [-0.15, -0.1) is 0 Å². The van der Waals surface area contributed by atoms with Gasteiger partial charge >= 0.3 is 5.97 Å². The van der Waals surface area contributed by atoms with Crippen LogP contribution in [-0.4, -0.2) is 17.6 Å². The lowest BCUT2D eigenvalue weighted by Gasteiger charge is -2.09. The molecule has 1 aromatic carbocycles. The maximum absolute atomic E-state index is 11.5. The van der Waals surface area contributed by atoms with Gasteiger partial charge in [0.05, 0.1) is 23.8 Å². The largest absolute Gasteiger partial charge is 0.462 e. The summed E-state index contributed by atoms with van der Waals surface area (Å²) in [6.07, 6.45) is 1.46. The van der Waals surface area contributed by atoms with Crippen LogP contribution in [0.5, 0.6) is 0 Å². The molecular weight excluding hydrogens is 266 g/mol. The van der Waals surface area contributed by atoms with Gasteiger partial charge in [-0.3, -0.25) is 0 Å². The molecule has 0 bridgehead atoms. The third-order valence-corrected chi connectivity index (χ3v) is 2.90. The van der Waals surface area contributed by atoms with Gasteiger partial charge in [0.1, 0.15) is 5.82 Å². The first kappa shape index (κ1) is 14.5. The Kier molecular flexibility index (Phi) is 4.52. The molecule has 0 amide bonds. The van der Waals surface area contributed by atoms with Crippen LogP contribution in [0.25, 0.3) is 0 Å². The van der Waals surface area contributed by atoms with Crippen molar-refractivity contribution in [2.45, 2.75) is 13.8 Å². The molecule has 0 aliphatic rings. The van der Waals surface area contributed by atoms with E-state index in [1.165, 1.54) is 6.20 Å². The van der Waals surface area contributed by atoms with Gasteiger partial charge in [0.2, 0.25) is 0 Å². The van der Waals surface area contributed by atoms with E-state index in [1.54, 1.807) is 31.2 Å².